The highest BCUT2D eigenvalue weighted by molar-refractivity contribution is 5.80. The third-order valence-corrected chi connectivity index (χ3v) is 2.51. The molecule has 0 spiro atoms. The van der Waals surface area contributed by atoms with Gasteiger partial charge >= 0.3 is 0 Å². The van der Waals surface area contributed by atoms with Crippen molar-refractivity contribution in [2.45, 2.75) is 31.5 Å². The van der Waals surface area contributed by atoms with E-state index in [1.54, 1.807) is 0 Å². The predicted molar refractivity (Wildman–Crippen MR) is 51.7 cm³/mol. The highest BCUT2D eigenvalue weighted by Gasteiger charge is 2.29. The van der Waals surface area contributed by atoms with E-state index in [2.05, 4.69) is 10.6 Å². The first-order valence-corrected chi connectivity index (χ1v) is 4.92. The van der Waals surface area contributed by atoms with Gasteiger partial charge in [0, 0.05) is 6.54 Å². The lowest BCUT2D eigenvalue weighted by Crippen LogP contribution is -2.50. The van der Waals surface area contributed by atoms with Crippen LogP contribution in [0.25, 0.3) is 0 Å². The number of rotatable bonds is 3. The molecule has 1 saturated heterocycles. The lowest BCUT2D eigenvalue weighted by atomic mass is 9.92. The Hall–Kier alpha value is -0.650. The van der Waals surface area contributed by atoms with E-state index in [1.165, 1.54) is 6.92 Å². The molecule has 0 aromatic heterocycles. The second-order valence-corrected chi connectivity index (χ2v) is 3.87. The molecule has 1 atom stereocenters. The number of hydrogen-bond acceptors (Lipinski definition) is 4. The zero-order valence-electron chi connectivity index (χ0n) is 8.42. The van der Waals surface area contributed by atoms with Crippen LogP contribution in [0.4, 0.5) is 0 Å². The smallest absolute Gasteiger partial charge is 0.248 e. The van der Waals surface area contributed by atoms with Crippen LogP contribution in [0, 0.1) is 0 Å². The maximum Gasteiger partial charge on any atom is 0.248 e. The minimum atomic E-state index is -1.01. The van der Waals surface area contributed by atoms with E-state index in [1.807, 2.05) is 0 Å². The van der Waals surface area contributed by atoms with Crippen LogP contribution in [0.3, 0.4) is 0 Å². The fourth-order valence-electron chi connectivity index (χ4n) is 1.47. The summed E-state index contributed by atoms with van der Waals surface area (Å²) >= 11 is 0. The molecule has 0 bridgehead atoms. The Morgan fingerprint density at radius 3 is 2.64 bits per heavy atom. The molecule has 0 unspecified atom stereocenters. The highest BCUT2D eigenvalue weighted by atomic mass is 16.3. The summed E-state index contributed by atoms with van der Waals surface area (Å²) in [6.45, 7) is 3.16. The summed E-state index contributed by atoms with van der Waals surface area (Å²) in [5.41, 5.74) is -0.810. The zero-order valence-corrected chi connectivity index (χ0v) is 8.42. The summed E-state index contributed by atoms with van der Waals surface area (Å²) in [5.74, 6) is -0.433. The normalized spacial score (nSPS) is 22.8. The number of aliphatic hydroxyl groups is 2. The standard InChI is InChI=1S/C9H18N2O3/c1-7(12)8(13)11-6-9(14)2-4-10-5-3-9/h7,10,12,14H,2-6H2,1H3,(H,11,13)/t7-/m1/s1. The summed E-state index contributed by atoms with van der Waals surface area (Å²) in [6, 6.07) is 0. The van der Waals surface area contributed by atoms with Crippen LogP contribution in [0.2, 0.25) is 0 Å². The molecule has 4 N–H and O–H groups in total. The van der Waals surface area contributed by atoms with E-state index >= 15 is 0 Å². The van der Waals surface area contributed by atoms with E-state index < -0.39 is 17.6 Å². The maximum atomic E-state index is 11.0. The monoisotopic (exact) mass is 202 g/mol. The van der Waals surface area contributed by atoms with Gasteiger partial charge in [-0.05, 0) is 32.9 Å². The number of nitrogens with one attached hydrogen (secondary N) is 2. The molecule has 0 aromatic rings. The Kier molecular flexibility index (Phi) is 3.86. The minimum absolute atomic E-state index is 0.221. The van der Waals surface area contributed by atoms with Gasteiger partial charge < -0.3 is 20.8 Å². The van der Waals surface area contributed by atoms with Crippen molar-refractivity contribution in [3.63, 3.8) is 0 Å². The molecule has 5 heteroatoms. The van der Waals surface area contributed by atoms with Crippen molar-refractivity contribution in [1.82, 2.24) is 10.6 Å². The molecule has 0 aliphatic carbocycles. The second-order valence-electron chi connectivity index (χ2n) is 3.87. The molecule has 1 heterocycles. The third-order valence-electron chi connectivity index (χ3n) is 2.51. The van der Waals surface area contributed by atoms with Crippen LogP contribution in [0.1, 0.15) is 19.8 Å². The number of amides is 1. The second kappa shape index (κ2) is 4.72. The molecule has 14 heavy (non-hydrogen) atoms. The fourth-order valence-corrected chi connectivity index (χ4v) is 1.47. The van der Waals surface area contributed by atoms with Gasteiger partial charge in [-0.3, -0.25) is 4.79 Å². The van der Waals surface area contributed by atoms with Crippen LogP contribution < -0.4 is 10.6 Å². The van der Waals surface area contributed by atoms with Crippen LogP contribution in [-0.4, -0.2) is 47.5 Å². The Labute approximate surface area is 83.5 Å². The first-order chi connectivity index (χ1) is 6.53. The lowest BCUT2D eigenvalue weighted by Gasteiger charge is -2.32. The van der Waals surface area contributed by atoms with Gasteiger partial charge in [0.1, 0.15) is 6.10 Å². The van der Waals surface area contributed by atoms with Gasteiger partial charge in [0.2, 0.25) is 5.91 Å². The molecule has 82 valence electrons. The molecule has 0 saturated carbocycles. The molecule has 1 rings (SSSR count). The fraction of sp³-hybridized carbons (Fsp3) is 0.889. The quantitative estimate of drug-likeness (QED) is 0.453. The van der Waals surface area contributed by atoms with Gasteiger partial charge in [0.15, 0.2) is 0 Å². The summed E-state index contributed by atoms with van der Waals surface area (Å²) in [5, 5.41) is 24.5. The lowest BCUT2D eigenvalue weighted by molar-refractivity contribution is -0.130. The Bertz CT molecular complexity index is 200. The van der Waals surface area contributed by atoms with Crippen molar-refractivity contribution in [2.75, 3.05) is 19.6 Å². The van der Waals surface area contributed by atoms with Crippen molar-refractivity contribution in [3.05, 3.63) is 0 Å². The predicted octanol–water partition coefficient (Wildman–Crippen LogP) is -1.40. The summed E-state index contributed by atoms with van der Waals surface area (Å²) in [7, 11) is 0. The van der Waals surface area contributed by atoms with E-state index in [9.17, 15) is 9.90 Å². The van der Waals surface area contributed by atoms with Gasteiger partial charge in [0.25, 0.3) is 0 Å². The van der Waals surface area contributed by atoms with Crippen LogP contribution >= 0.6 is 0 Å². The van der Waals surface area contributed by atoms with Crippen molar-refractivity contribution < 1.29 is 15.0 Å². The van der Waals surface area contributed by atoms with E-state index in [0.717, 1.165) is 13.1 Å². The first-order valence-electron chi connectivity index (χ1n) is 4.92. The minimum Gasteiger partial charge on any atom is -0.388 e. The first kappa shape index (κ1) is 11.4. The average Bonchev–Trinajstić information content (AvgIpc) is 2.15. The average molecular weight is 202 g/mol. The Morgan fingerprint density at radius 1 is 1.57 bits per heavy atom. The summed E-state index contributed by atoms with van der Waals surface area (Å²) in [4.78, 5) is 11.0. The number of hydrogen-bond donors (Lipinski definition) is 4. The number of piperidine rings is 1. The summed E-state index contributed by atoms with van der Waals surface area (Å²) < 4.78 is 0. The molecule has 1 aliphatic rings. The molecule has 0 aromatic carbocycles. The third kappa shape index (κ3) is 3.25. The molecule has 0 radical (unpaired) electrons. The van der Waals surface area contributed by atoms with Gasteiger partial charge in [-0.25, -0.2) is 0 Å². The molecular weight excluding hydrogens is 184 g/mol. The molecule has 1 aliphatic heterocycles. The van der Waals surface area contributed by atoms with E-state index in [0.29, 0.717) is 12.8 Å². The molecule has 5 nitrogen and oxygen atoms in total. The van der Waals surface area contributed by atoms with Gasteiger partial charge in [-0.1, -0.05) is 0 Å². The highest BCUT2D eigenvalue weighted by Crippen LogP contribution is 2.16. The van der Waals surface area contributed by atoms with Crippen molar-refractivity contribution in [2.24, 2.45) is 0 Å². The molecule has 1 fully saturated rings. The van der Waals surface area contributed by atoms with Crippen LogP contribution in [0.5, 0.6) is 0 Å². The maximum absolute atomic E-state index is 11.0. The largest absolute Gasteiger partial charge is 0.388 e. The number of carbonyl (C=O) groups excluding carboxylic acids is 1. The Morgan fingerprint density at radius 2 is 2.14 bits per heavy atom. The van der Waals surface area contributed by atoms with Gasteiger partial charge in [-0.2, -0.15) is 0 Å². The molecular formula is C9H18N2O3. The molecule has 1 amide bonds. The topological polar surface area (TPSA) is 81.6 Å². The van der Waals surface area contributed by atoms with Crippen LogP contribution in [-0.2, 0) is 4.79 Å². The van der Waals surface area contributed by atoms with Crippen LogP contribution in [0.15, 0.2) is 0 Å². The zero-order chi connectivity index (χ0) is 10.6. The van der Waals surface area contributed by atoms with E-state index in [4.69, 9.17) is 5.11 Å². The number of carbonyl (C=O) groups is 1. The number of aliphatic hydroxyl groups excluding tert-OH is 1. The summed E-state index contributed by atoms with van der Waals surface area (Å²) in [6.07, 6.45) is 0.250. The Balaban J connectivity index is 2.32. The van der Waals surface area contributed by atoms with Crippen molar-refractivity contribution in [3.8, 4) is 0 Å². The van der Waals surface area contributed by atoms with Gasteiger partial charge in [-0.15, -0.1) is 0 Å². The van der Waals surface area contributed by atoms with Crippen molar-refractivity contribution in [1.29, 1.82) is 0 Å². The van der Waals surface area contributed by atoms with Crippen molar-refractivity contribution >= 4 is 5.91 Å². The van der Waals surface area contributed by atoms with Gasteiger partial charge in [0.05, 0.1) is 5.60 Å². The van der Waals surface area contributed by atoms with E-state index in [-0.39, 0.29) is 6.54 Å². The SMILES string of the molecule is C[C@@H](O)C(=O)NCC1(O)CCNCC1.